The van der Waals surface area contributed by atoms with E-state index in [4.69, 9.17) is 4.74 Å². The second-order valence-electron chi connectivity index (χ2n) is 4.25. The fourth-order valence-electron chi connectivity index (χ4n) is 1.75. The standard InChI is InChI=1S/C15H12F2N2O2S/c1-9-8-22-14(19-9)11(7-18)5-10-3-4-12(21-15(16)17)13(6-10)20-2/h3-6,8,15H,1-2H3/b11-5+. The first kappa shape index (κ1) is 15.9. The molecule has 4 nitrogen and oxygen atoms in total. The number of halogens is 2. The predicted octanol–water partition coefficient (Wildman–Crippen LogP) is 4.13. The first-order valence-corrected chi connectivity index (χ1v) is 7.08. The number of alkyl halides is 2. The van der Waals surface area contributed by atoms with Crippen molar-refractivity contribution in [3.05, 3.63) is 39.8 Å². The topological polar surface area (TPSA) is 55.1 Å². The van der Waals surface area contributed by atoms with E-state index >= 15 is 0 Å². The van der Waals surface area contributed by atoms with E-state index in [2.05, 4.69) is 15.8 Å². The third-order valence-electron chi connectivity index (χ3n) is 2.68. The van der Waals surface area contributed by atoms with Gasteiger partial charge in [-0.2, -0.15) is 14.0 Å². The van der Waals surface area contributed by atoms with Crippen LogP contribution in [0, 0.1) is 18.3 Å². The average Bonchev–Trinajstić information content (AvgIpc) is 2.91. The Morgan fingerprint density at radius 3 is 2.73 bits per heavy atom. The van der Waals surface area contributed by atoms with Crippen LogP contribution >= 0.6 is 11.3 Å². The number of hydrogen-bond donors (Lipinski definition) is 0. The zero-order valence-corrected chi connectivity index (χ0v) is 12.7. The van der Waals surface area contributed by atoms with E-state index < -0.39 is 6.61 Å². The molecule has 0 N–H and O–H groups in total. The maximum atomic E-state index is 12.3. The lowest BCUT2D eigenvalue weighted by Gasteiger charge is -2.10. The third kappa shape index (κ3) is 3.80. The minimum atomic E-state index is -2.93. The Labute approximate surface area is 130 Å². The smallest absolute Gasteiger partial charge is 0.387 e. The molecule has 0 atom stereocenters. The molecule has 0 bridgehead atoms. The van der Waals surface area contributed by atoms with Crippen LogP contribution in [0.5, 0.6) is 11.5 Å². The summed E-state index contributed by atoms with van der Waals surface area (Å²) in [6, 6.07) is 6.55. The van der Waals surface area contributed by atoms with Crippen LogP contribution in [-0.2, 0) is 0 Å². The summed E-state index contributed by atoms with van der Waals surface area (Å²) < 4.78 is 34.0. The van der Waals surface area contributed by atoms with Crippen molar-refractivity contribution in [1.29, 1.82) is 5.26 Å². The first-order valence-electron chi connectivity index (χ1n) is 6.20. The van der Waals surface area contributed by atoms with Crippen LogP contribution in [0.2, 0.25) is 0 Å². The summed E-state index contributed by atoms with van der Waals surface area (Å²) in [4.78, 5) is 4.25. The van der Waals surface area contributed by atoms with Gasteiger partial charge in [0.25, 0.3) is 0 Å². The van der Waals surface area contributed by atoms with Gasteiger partial charge in [-0.05, 0) is 30.7 Å². The van der Waals surface area contributed by atoms with Crippen molar-refractivity contribution in [3.63, 3.8) is 0 Å². The van der Waals surface area contributed by atoms with Crippen LogP contribution in [0.15, 0.2) is 23.6 Å². The number of aryl methyl sites for hydroxylation is 1. The molecule has 0 aliphatic rings. The van der Waals surface area contributed by atoms with E-state index in [0.29, 0.717) is 16.1 Å². The van der Waals surface area contributed by atoms with Gasteiger partial charge in [-0.1, -0.05) is 6.07 Å². The highest BCUT2D eigenvalue weighted by atomic mass is 32.1. The predicted molar refractivity (Wildman–Crippen MR) is 80.0 cm³/mol. The van der Waals surface area contributed by atoms with E-state index in [-0.39, 0.29) is 11.5 Å². The quantitative estimate of drug-likeness (QED) is 0.777. The lowest BCUT2D eigenvalue weighted by Crippen LogP contribution is -2.03. The molecule has 114 valence electrons. The van der Waals surface area contributed by atoms with Crippen molar-refractivity contribution in [2.24, 2.45) is 0 Å². The number of aromatic nitrogens is 1. The van der Waals surface area contributed by atoms with Gasteiger partial charge in [0.1, 0.15) is 11.1 Å². The van der Waals surface area contributed by atoms with Gasteiger partial charge in [-0.25, -0.2) is 4.98 Å². The second kappa shape index (κ2) is 7.00. The van der Waals surface area contributed by atoms with Crippen LogP contribution in [0.25, 0.3) is 11.6 Å². The zero-order chi connectivity index (χ0) is 16.1. The van der Waals surface area contributed by atoms with Crippen LogP contribution in [0.4, 0.5) is 8.78 Å². The molecule has 0 aliphatic heterocycles. The summed E-state index contributed by atoms with van der Waals surface area (Å²) in [7, 11) is 1.36. The molecule has 1 aromatic carbocycles. The molecule has 1 heterocycles. The van der Waals surface area contributed by atoms with Gasteiger partial charge >= 0.3 is 6.61 Å². The van der Waals surface area contributed by atoms with Crippen molar-refractivity contribution in [3.8, 4) is 17.6 Å². The van der Waals surface area contributed by atoms with Gasteiger partial charge in [0.2, 0.25) is 0 Å². The highest BCUT2D eigenvalue weighted by Crippen LogP contribution is 2.31. The number of nitriles is 1. The molecule has 7 heteroatoms. The monoisotopic (exact) mass is 322 g/mol. The number of benzene rings is 1. The average molecular weight is 322 g/mol. The molecule has 0 saturated carbocycles. The molecular formula is C15H12F2N2O2S. The van der Waals surface area contributed by atoms with E-state index in [1.54, 1.807) is 12.1 Å². The molecular weight excluding hydrogens is 310 g/mol. The Balaban J connectivity index is 2.36. The number of thiazole rings is 1. The summed E-state index contributed by atoms with van der Waals surface area (Å²) in [5, 5.41) is 11.7. The zero-order valence-electron chi connectivity index (χ0n) is 11.8. The number of methoxy groups -OCH3 is 1. The number of allylic oxidation sites excluding steroid dienone is 1. The lowest BCUT2D eigenvalue weighted by atomic mass is 10.1. The molecule has 1 aromatic heterocycles. The highest BCUT2D eigenvalue weighted by Gasteiger charge is 2.11. The van der Waals surface area contributed by atoms with Crippen LogP contribution in [0.3, 0.4) is 0 Å². The Hall–Kier alpha value is -2.46. The highest BCUT2D eigenvalue weighted by molar-refractivity contribution is 7.11. The molecule has 0 amide bonds. The molecule has 0 radical (unpaired) electrons. The van der Waals surface area contributed by atoms with Crippen molar-refractivity contribution >= 4 is 23.0 Å². The summed E-state index contributed by atoms with van der Waals surface area (Å²) in [5.41, 5.74) is 1.85. The van der Waals surface area contributed by atoms with E-state index in [0.717, 1.165) is 5.69 Å². The van der Waals surface area contributed by atoms with Crippen LogP contribution in [0.1, 0.15) is 16.3 Å². The van der Waals surface area contributed by atoms with Crippen molar-refractivity contribution in [2.75, 3.05) is 7.11 Å². The van der Waals surface area contributed by atoms with Crippen LogP contribution < -0.4 is 9.47 Å². The number of hydrogen-bond acceptors (Lipinski definition) is 5. The Morgan fingerprint density at radius 1 is 1.41 bits per heavy atom. The van der Waals surface area contributed by atoms with Gasteiger partial charge in [0.15, 0.2) is 11.5 Å². The number of ether oxygens (including phenoxy) is 2. The van der Waals surface area contributed by atoms with Crippen molar-refractivity contribution < 1.29 is 18.3 Å². The lowest BCUT2D eigenvalue weighted by molar-refractivity contribution is -0.0512. The van der Waals surface area contributed by atoms with Gasteiger partial charge in [-0.15, -0.1) is 11.3 Å². The summed E-state index contributed by atoms with van der Waals surface area (Å²) >= 11 is 1.37. The SMILES string of the molecule is COc1cc(/C=C(\C#N)c2nc(C)cs2)ccc1OC(F)F. The summed E-state index contributed by atoms with van der Waals surface area (Å²) in [5.74, 6) is 0.111. The fraction of sp³-hybridized carbons (Fsp3) is 0.200. The second-order valence-corrected chi connectivity index (χ2v) is 5.11. The molecule has 0 unspecified atom stereocenters. The minimum Gasteiger partial charge on any atom is -0.493 e. The summed E-state index contributed by atoms with van der Waals surface area (Å²) in [6.07, 6.45) is 1.62. The molecule has 2 rings (SSSR count). The molecule has 2 aromatic rings. The molecule has 0 aliphatic carbocycles. The van der Waals surface area contributed by atoms with Gasteiger partial charge in [0, 0.05) is 11.1 Å². The van der Waals surface area contributed by atoms with Crippen molar-refractivity contribution in [1.82, 2.24) is 4.98 Å². The number of nitrogens with zero attached hydrogens (tertiary/aromatic N) is 2. The normalized spacial score (nSPS) is 11.4. The third-order valence-corrected chi connectivity index (χ3v) is 3.68. The van der Waals surface area contributed by atoms with E-state index in [9.17, 15) is 14.0 Å². The largest absolute Gasteiger partial charge is 0.493 e. The van der Waals surface area contributed by atoms with Gasteiger partial charge in [0.05, 0.1) is 12.7 Å². The maximum absolute atomic E-state index is 12.3. The van der Waals surface area contributed by atoms with Crippen LogP contribution in [-0.4, -0.2) is 18.7 Å². The Bertz CT molecular complexity index is 735. The summed E-state index contributed by atoms with van der Waals surface area (Å²) in [6.45, 7) is -1.09. The molecule has 0 fully saturated rings. The first-order chi connectivity index (χ1) is 10.5. The van der Waals surface area contributed by atoms with Gasteiger partial charge in [-0.3, -0.25) is 0 Å². The number of rotatable bonds is 5. The van der Waals surface area contributed by atoms with Gasteiger partial charge < -0.3 is 9.47 Å². The molecule has 0 saturated heterocycles. The van der Waals surface area contributed by atoms with E-state index in [1.165, 1.54) is 30.6 Å². The van der Waals surface area contributed by atoms with E-state index in [1.807, 2.05) is 12.3 Å². The Kier molecular flexibility index (Phi) is 5.07. The molecule has 22 heavy (non-hydrogen) atoms. The fourth-order valence-corrected chi connectivity index (χ4v) is 2.52. The maximum Gasteiger partial charge on any atom is 0.387 e. The Morgan fingerprint density at radius 2 is 2.18 bits per heavy atom. The van der Waals surface area contributed by atoms with Crippen molar-refractivity contribution in [2.45, 2.75) is 13.5 Å². The molecule has 0 spiro atoms. The minimum absolute atomic E-state index is 0.0572.